The maximum Gasteiger partial charge on any atom is 0.266 e. The van der Waals surface area contributed by atoms with E-state index in [1.165, 1.54) is 7.11 Å². The number of para-hydroxylation sites is 9. The SMILES string of the molecule is CCOc1cccc(/C=C/c2nc3ccccc3c(=O)n2-c2c(C)cccc2C)c1O.CCc1cccc(CC)c1-n1c(/C=C/c2cccc(OC)c2O)nc2ccccc2c1=O.Cc1cccc(C)c1-n1c(/C=C/c2cccc(OC(C)C)c2O)nc2ccccc2c1=O. The molecule has 0 spiro atoms. The van der Waals surface area contributed by atoms with E-state index in [0.717, 1.165) is 63.3 Å². The van der Waals surface area contributed by atoms with Crippen LogP contribution in [-0.2, 0) is 12.8 Å². The van der Waals surface area contributed by atoms with Gasteiger partial charge in [0.2, 0.25) is 0 Å². The predicted octanol–water partition coefficient (Wildman–Crippen LogP) is 16.3. The molecule has 15 nitrogen and oxygen atoms in total. The largest absolute Gasteiger partial charge is 0.504 e. The third-order valence-electron chi connectivity index (χ3n) is 16.1. The summed E-state index contributed by atoms with van der Waals surface area (Å²) in [5, 5.41) is 33.4. The van der Waals surface area contributed by atoms with E-state index in [1.54, 1.807) is 105 Å². The van der Waals surface area contributed by atoms with Crippen molar-refractivity contribution in [3.63, 3.8) is 0 Å². The lowest BCUT2D eigenvalue weighted by Gasteiger charge is -2.18. The molecule has 0 fully saturated rings. The number of rotatable bonds is 16. The molecule has 9 aromatic carbocycles. The Kier molecular flexibility index (Phi) is 20.8. The lowest BCUT2D eigenvalue weighted by atomic mass is 10.0. The number of aromatic nitrogens is 6. The Morgan fingerprint density at radius 3 is 1.09 bits per heavy atom. The van der Waals surface area contributed by atoms with Crippen molar-refractivity contribution in [3.05, 3.63) is 281 Å². The number of methoxy groups -OCH3 is 1. The number of phenols is 3. The lowest BCUT2D eigenvalue weighted by Crippen LogP contribution is -2.24. The molecule has 0 saturated heterocycles. The van der Waals surface area contributed by atoms with Gasteiger partial charge in [-0.3, -0.25) is 28.1 Å². The summed E-state index contributed by atoms with van der Waals surface area (Å²) in [5.74, 6) is 2.87. The van der Waals surface area contributed by atoms with Crippen LogP contribution in [-0.4, -0.2) is 63.8 Å². The molecule has 0 bridgehead atoms. The second kappa shape index (κ2) is 29.8. The maximum atomic E-state index is 13.7. The van der Waals surface area contributed by atoms with E-state index in [9.17, 15) is 29.7 Å². The molecule has 3 aromatic heterocycles. The van der Waals surface area contributed by atoms with Gasteiger partial charge in [-0.25, -0.2) is 15.0 Å². The zero-order chi connectivity index (χ0) is 67.4. The summed E-state index contributed by atoms with van der Waals surface area (Å²) in [6.07, 6.45) is 12.1. The first-order valence-electron chi connectivity index (χ1n) is 31.6. The minimum atomic E-state index is -0.131. The third-order valence-corrected chi connectivity index (χ3v) is 16.1. The molecule has 15 heteroatoms. The summed E-state index contributed by atoms with van der Waals surface area (Å²) in [4.78, 5) is 55.1. The number of nitrogens with zero attached hydrogens (tertiary/aromatic N) is 6. The van der Waals surface area contributed by atoms with Crippen LogP contribution in [0.4, 0.5) is 0 Å². The maximum absolute atomic E-state index is 13.7. The molecule has 95 heavy (non-hydrogen) atoms. The molecule has 0 unspecified atom stereocenters. The molecule has 12 aromatic rings. The summed E-state index contributed by atoms with van der Waals surface area (Å²) in [6, 6.07) is 56.0. The van der Waals surface area contributed by atoms with Crippen molar-refractivity contribution in [1.29, 1.82) is 0 Å². The van der Waals surface area contributed by atoms with Gasteiger partial charge in [-0.1, -0.05) is 141 Å². The van der Waals surface area contributed by atoms with Crippen molar-refractivity contribution in [2.45, 2.75) is 81.3 Å². The summed E-state index contributed by atoms with van der Waals surface area (Å²) in [5.41, 5.74) is 11.9. The van der Waals surface area contributed by atoms with Crippen molar-refractivity contribution in [1.82, 2.24) is 28.7 Å². The van der Waals surface area contributed by atoms with Crippen LogP contribution in [0.3, 0.4) is 0 Å². The predicted molar refractivity (Wildman–Crippen MR) is 384 cm³/mol. The van der Waals surface area contributed by atoms with E-state index in [2.05, 4.69) is 26.0 Å². The van der Waals surface area contributed by atoms with Crippen LogP contribution in [0.25, 0.3) is 86.2 Å². The Labute approximate surface area is 551 Å². The molecule has 12 rings (SSSR count). The van der Waals surface area contributed by atoms with E-state index < -0.39 is 0 Å². The molecule has 0 aliphatic heterocycles. The fraction of sp³-hybridized carbons (Fsp3) is 0.175. The fourth-order valence-corrected chi connectivity index (χ4v) is 11.6. The third kappa shape index (κ3) is 14.2. The molecule has 0 amide bonds. The summed E-state index contributed by atoms with van der Waals surface area (Å²) in [7, 11) is 1.51. The Bertz CT molecular complexity index is 5050. The lowest BCUT2D eigenvalue weighted by molar-refractivity contribution is 0.232. The smallest absolute Gasteiger partial charge is 0.266 e. The van der Waals surface area contributed by atoms with E-state index in [-0.39, 0.29) is 40.0 Å². The van der Waals surface area contributed by atoms with Gasteiger partial charge in [0.15, 0.2) is 34.5 Å². The number of hydrogen-bond donors (Lipinski definition) is 3. The van der Waals surface area contributed by atoms with E-state index in [1.807, 2.05) is 164 Å². The van der Waals surface area contributed by atoms with Crippen LogP contribution in [0.1, 0.15) is 102 Å². The van der Waals surface area contributed by atoms with Crippen molar-refractivity contribution in [2.24, 2.45) is 0 Å². The highest BCUT2D eigenvalue weighted by atomic mass is 16.5. The zero-order valence-corrected chi connectivity index (χ0v) is 55.0. The van der Waals surface area contributed by atoms with Gasteiger partial charge in [-0.15, -0.1) is 0 Å². The van der Waals surface area contributed by atoms with Crippen molar-refractivity contribution >= 4 is 69.2 Å². The van der Waals surface area contributed by atoms with Gasteiger partial charge in [-0.2, -0.15) is 0 Å². The van der Waals surface area contributed by atoms with Crippen LogP contribution in [0.2, 0.25) is 0 Å². The van der Waals surface area contributed by atoms with Gasteiger partial charge in [0.05, 0.1) is 69.6 Å². The normalized spacial score (nSPS) is 11.4. The number of hydrogen-bond acceptors (Lipinski definition) is 12. The van der Waals surface area contributed by atoms with Gasteiger partial charge in [-0.05, 0) is 186 Å². The highest BCUT2D eigenvalue weighted by Crippen LogP contribution is 2.35. The number of benzene rings is 9. The standard InChI is InChI=1S/2C27H26N2O3.C26H24N2O3/c1-17(2)32-23-14-8-11-20(26(23)30)15-16-24-28-22-13-6-5-12-21(22)27(31)29(24)25-18(3)9-7-10-19(25)4;1-4-18-10-8-11-19(5-2)25(18)29-24(28-22-14-7-6-13-21(22)27(29)31)17-16-20-12-9-15-23(32-3)26(20)30;1-4-31-22-14-8-11-19(25(22)29)15-16-23-27-21-13-6-5-12-20(21)26(30)28(23)24-17(2)9-7-10-18(24)3/h5-17,30H,1-4H3;6-17,30H,4-5H2,1-3H3;5-16,29H,4H2,1-3H3/b16-15+;17-16+;16-15+. The Morgan fingerprint density at radius 1 is 0.400 bits per heavy atom. The Balaban J connectivity index is 0.000000155. The van der Waals surface area contributed by atoms with Gasteiger partial charge in [0.25, 0.3) is 16.7 Å². The molecule has 3 N–H and O–H groups in total. The number of phenolic OH excluding ortho intramolecular Hbond substituents is 3. The molecular weight excluding hydrogens is 1190 g/mol. The minimum absolute atomic E-state index is 0.0455. The van der Waals surface area contributed by atoms with E-state index >= 15 is 0 Å². The molecule has 480 valence electrons. The number of ether oxygens (including phenoxy) is 3. The van der Waals surface area contributed by atoms with E-state index in [4.69, 9.17) is 29.2 Å². The Hall–Kier alpha value is -11.6. The van der Waals surface area contributed by atoms with Crippen molar-refractivity contribution < 1.29 is 29.5 Å². The zero-order valence-electron chi connectivity index (χ0n) is 55.0. The fourth-order valence-electron chi connectivity index (χ4n) is 11.6. The molecule has 0 aliphatic carbocycles. The molecule has 0 aliphatic rings. The highest BCUT2D eigenvalue weighted by Gasteiger charge is 2.20. The minimum Gasteiger partial charge on any atom is -0.504 e. The van der Waals surface area contributed by atoms with E-state index in [0.29, 0.717) is 90.7 Å². The highest BCUT2D eigenvalue weighted by molar-refractivity contribution is 5.84. The molecule has 0 saturated carbocycles. The monoisotopic (exact) mass is 1260 g/mol. The summed E-state index contributed by atoms with van der Waals surface area (Å²) < 4.78 is 21.4. The van der Waals surface area contributed by atoms with Gasteiger partial charge < -0.3 is 29.5 Å². The van der Waals surface area contributed by atoms with Crippen LogP contribution in [0, 0.1) is 27.7 Å². The summed E-state index contributed by atoms with van der Waals surface area (Å²) >= 11 is 0. The first kappa shape index (κ1) is 66.3. The molecule has 0 radical (unpaired) electrons. The quantitative estimate of drug-likeness (QED) is 0.0830. The first-order chi connectivity index (χ1) is 46.0. The number of aryl methyl sites for hydroxylation is 6. The topological polar surface area (TPSA) is 193 Å². The molecule has 3 heterocycles. The molecular formula is C80H76N6O9. The number of fused-ring (bicyclic) bond motifs is 3. The van der Waals surface area contributed by atoms with Crippen LogP contribution < -0.4 is 30.9 Å². The van der Waals surface area contributed by atoms with Crippen molar-refractivity contribution in [3.8, 4) is 51.6 Å². The average Bonchev–Trinajstić information content (AvgIpc) is 0.777. The van der Waals surface area contributed by atoms with Gasteiger partial charge >= 0.3 is 0 Å². The first-order valence-corrected chi connectivity index (χ1v) is 31.6. The van der Waals surface area contributed by atoms with Crippen LogP contribution in [0.5, 0.6) is 34.5 Å². The van der Waals surface area contributed by atoms with Gasteiger partial charge in [0, 0.05) is 16.7 Å². The van der Waals surface area contributed by atoms with Gasteiger partial charge in [0.1, 0.15) is 17.5 Å². The summed E-state index contributed by atoms with van der Waals surface area (Å²) in [6.45, 7) is 18.2. The van der Waals surface area contributed by atoms with Crippen LogP contribution >= 0.6 is 0 Å². The number of aromatic hydroxyl groups is 3. The Morgan fingerprint density at radius 2 is 0.726 bits per heavy atom. The second-order valence-electron chi connectivity index (χ2n) is 22.9. The second-order valence-corrected chi connectivity index (χ2v) is 22.9. The van der Waals surface area contributed by atoms with Crippen LogP contribution in [0.15, 0.2) is 196 Å². The van der Waals surface area contributed by atoms with Crippen molar-refractivity contribution in [2.75, 3.05) is 13.7 Å². The molecule has 0 atom stereocenters. The average molecular weight is 1270 g/mol.